The molecule has 0 unspecified atom stereocenters. The average molecular weight is 320 g/mol. The third kappa shape index (κ3) is 2.80. The summed E-state index contributed by atoms with van der Waals surface area (Å²) in [6.45, 7) is 0.589. The maximum absolute atomic E-state index is 12.4. The van der Waals surface area contributed by atoms with Crippen molar-refractivity contribution < 1.29 is 19.4 Å². The van der Waals surface area contributed by atoms with Crippen molar-refractivity contribution in [1.82, 2.24) is 4.90 Å². The quantitative estimate of drug-likeness (QED) is 0.944. The van der Waals surface area contributed by atoms with Crippen molar-refractivity contribution in [3.8, 4) is 17.2 Å². The molecule has 1 aliphatic heterocycles. The zero-order valence-electron chi connectivity index (χ0n) is 11.9. The van der Waals surface area contributed by atoms with Gasteiger partial charge in [-0.3, -0.25) is 4.79 Å². The van der Waals surface area contributed by atoms with Crippen LogP contribution in [0.5, 0.6) is 17.2 Å². The Morgan fingerprint density at radius 1 is 1.23 bits per heavy atom. The van der Waals surface area contributed by atoms with Crippen LogP contribution in [0.15, 0.2) is 36.4 Å². The smallest absolute Gasteiger partial charge is 0.257 e. The number of carbonyl (C=O) groups is 1. The first-order valence-corrected chi connectivity index (χ1v) is 7.05. The van der Waals surface area contributed by atoms with Crippen LogP contribution in [0.2, 0.25) is 5.02 Å². The van der Waals surface area contributed by atoms with Gasteiger partial charge in [0, 0.05) is 18.6 Å². The Bertz CT molecular complexity index is 732. The maximum atomic E-state index is 12.4. The molecule has 0 spiro atoms. The lowest BCUT2D eigenvalue weighted by atomic mass is 10.1. The van der Waals surface area contributed by atoms with E-state index < -0.39 is 0 Å². The molecule has 3 rings (SSSR count). The van der Waals surface area contributed by atoms with Gasteiger partial charge in [-0.1, -0.05) is 17.7 Å². The van der Waals surface area contributed by atoms with Crippen LogP contribution in [-0.4, -0.2) is 29.8 Å². The Labute approximate surface area is 132 Å². The number of carbonyl (C=O) groups excluding carboxylic acids is 1. The second kappa shape index (κ2) is 5.77. The summed E-state index contributed by atoms with van der Waals surface area (Å²) in [5, 5.41) is 10.2. The number of halogens is 1. The predicted octanol–water partition coefficient (Wildman–Crippen LogP) is 3.05. The number of nitrogens with zero attached hydrogens (tertiary/aromatic N) is 1. The topological polar surface area (TPSA) is 59.0 Å². The summed E-state index contributed by atoms with van der Waals surface area (Å²) in [6, 6.07) is 9.91. The van der Waals surface area contributed by atoms with Crippen molar-refractivity contribution >= 4 is 17.5 Å². The van der Waals surface area contributed by atoms with Gasteiger partial charge in [0.1, 0.15) is 5.75 Å². The van der Waals surface area contributed by atoms with Gasteiger partial charge in [-0.15, -0.1) is 0 Å². The van der Waals surface area contributed by atoms with Crippen molar-refractivity contribution in [2.75, 3.05) is 13.8 Å². The van der Waals surface area contributed by atoms with E-state index in [1.165, 1.54) is 23.1 Å². The molecule has 0 saturated carbocycles. The molecular weight excluding hydrogens is 306 g/mol. The highest BCUT2D eigenvalue weighted by molar-refractivity contribution is 6.31. The summed E-state index contributed by atoms with van der Waals surface area (Å²) in [4.78, 5) is 13.9. The summed E-state index contributed by atoms with van der Waals surface area (Å²) in [5.41, 5.74) is 1.08. The SMILES string of the molecule is CN(Cc1ccc2c(c1)OCO2)C(=O)c1cc(Cl)ccc1O. The molecule has 0 fully saturated rings. The molecule has 0 aromatic heterocycles. The van der Waals surface area contributed by atoms with Crippen molar-refractivity contribution in [2.45, 2.75) is 6.54 Å². The van der Waals surface area contributed by atoms with Crippen molar-refractivity contribution in [2.24, 2.45) is 0 Å². The highest BCUT2D eigenvalue weighted by Crippen LogP contribution is 2.33. The maximum Gasteiger partial charge on any atom is 0.257 e. The zero-order valence-corrected chi connectivity index (χ0v) is 12.6. The number of amides is 1. The van der Waals surface area contributed by atoms with E-state index in [1.807, 2.05) is 18.2 Å². The Morgan fingerprint density at radius 2 is 2.00 bits per heavy atom. The number of aromatic hydroxyl groups is 1. The van der Waals surface area contributed by atoms with Gasteiger partial charge >= 0.3 is 0 Å². The zero-order chi connectivity index (χ0) is 15.7. The fourth-order valence-electron chi connectivity index (χ4n) is 2.27. The van der Waals surface area contributed by atoms with E-state index in [0.29, 0.717) is 23.1 Å². The molecule has 0 atom stereocenters. The molecule has 2 aromatic rings. The average Bonchev–Trinajstić information content (AvgIpc) is 2.96. The number of phenolic OH excluding ortho intramolecular Hbond substituents is 1. The van der Waals surface area contributed by atoms with E-state index in [-0.39, 0.29) is 24.0 Å². The summed E-state index contributed by atoms with van der Waals surface area (Å²) in [7, 11) is 1.66. The first-order chi connectivity index (χ1) is 10.5. The normalized spacial score (nSPS) is 12.3. The first-order valence-electron chi connectivity index (χ1n) is 6.67. The van der Waals surface area contributed by atoms with Gasteiger partial charge in [-0.2, -0.15) is 0 Å². The molecule has 0 saturated heterocycles. The fraction of sp³-hybridized carbons (Fsp3) is 0.188. The van der Waals surface area contributed by atoms with Crippen LogP contribution in [0.1, 0.15) is 15.9 Å². The standard InChI is InChI=1S/C16H14ClNO4/c1-18(16(20)12-7-11(17)3-4-13(12)19)8-10-2-5-14-15(6-10)22-9-21-14/h2-7,19H,8-9H2,1H3. The Hall–Kier alpha value is -2.40. The molecule has 0 aliphatic carbocycles. The van der Waals surface area contributed by atoms with E-state index in [0.717, 1.165) is 5.56 Å². The summed E-state index contributed by atoms with van der Waals surface area (Å²) < 4.78 is 10.6. The van der Waals surface area contributed by atoms with Gasteiger partial charge < -0.3 is 19.5 Å². The number of hydrogen-bond donors (Lipinski definition) is 1. The molecule has 1 aliphatic rings. The minimum absolute atomic E-state index is 0.0908. The second-order valence-electron chi connectivity index (χ2n) is 5.01. The molecule has 1 heterocycles. The van der Waals surface area contributed by atoms with E-state index >= 15 is 0 Å². The lowest BCUT2D eigenvalue weighted by Crippen LogP contribution is -2.26. The van der Waals surface area contributed by atoms with E-state index in [2.05, 4.69) is 0 Å². The van der Waals surface area contributed by atoms with Crippen LogP contribution in [0.4, 0.5) is 0 Å². The Balaban J connectivity index is 1.77. The number of fused-ring (bicyclic) bond motifs is 1. The molecule has 2 aromatic carbocycles. The number of benzene rings is 2. The third-order valence-electron chi connectivity index (χ3n) is 3.39. The van der Waals surface area contributed by atoms with Crippen LogP contribution in [-0.2, 0) is 6.54 Å². The Kier molecular flexibility index (Phi) is 3.81. The van der Waals surface area contributed by atoms with E-state index in [1.54, 1.807) is 7.05 Å². The summed E-state index contributed by atoms with van der Waals surface area (Å²) in [6.07, 6.45) is 0. The second-order valence-corrected chi connectivity index (χ2v) is 5.45. The first kappa shape index (κ1) is 14.5. The van der Waals surface area contributed by atoms with Gasteiger partial charge in [0.25, 0.3) is 5.91 Å². The molecule has 0 radical (unpaired) electrons. The number of ether oxygens (including phenoxy) is 2. The molecule has 6 heteroatoms. The number of hydrogen-bond acceptors (Lipinski definition) is 4. The minimum atomic E-state index is -0.308. The number of phenols is 1. The highest BCUT2D eigenvalue weighted by Gasteiger charge is 2.18. The molecular formula is C16H14ClNO4. The van der Waals surface area contributed by atoms with Crippen LogP contribution in [0.25, 0.3) is 0 Å². The van der Waals surface area contributed by atoms with Crippen molar-refractivity contribution in [1.29, 1.82) is 0 Å². The van der Waals surface area contributed by atoms with Crippen LogP contribution in [0, 0.1) is 0 Å². The lowest BCUT2D eigenvalue weighted by Gasteiger charge is -2.18. The van der Waals surface area contributed by atoms with E-state index in [9.17, 15) is 9.90 Å². The largest absolute Gasteiger partial charge is 0.507 e. The third-order valence-corrected chi connectivity index (χ3v) is 3.63. The van der Waals surface area contributed by atoms with Crippen molar-refractivity contribution in [3.05, 3.63) is 52.5 Å². The summed E-state index contributed by atoms with van der Waals surface area (Å²) in [5.74, 6) is 0.971. The highest BCUT2D eigenvalue weighted by atomic mass is 35.5. The molecule has 1 amide bonds. The van der Waals surface area contributed by atoms with E-state index in [4.69, 9.17) is 21.1 Å². The summed E-state index contributed by atoms with van der Waals surface area (Å²) >= 11 is 5.88. The van der Waals surface area contributed by atoms with Gasteiger partial charge in [0.15, 0.2) is 11.5 Å². The monoisotopic (exact) mass is 319 g/mol. The van der Waals surface area contributed by atoms with Gasteiger partial charge in [0.05, 0.1) is 5.56 Å². The lowest BCUT2D eigenvalue weighted by molar-refractivity contribution is 0.0782. The molecule has 1 N–H and O–H groups in total. The van der Waals surface area contributed by atoms with Gasteiger partial charge in [-0.25, -0.2) is 0 Å². The minimum Gasteiger partial charge on any atom is -0.507 e. The van der Waals surface area contributed by atoms with Crippen LogP contribution >= 0.6 is 11.6 Å². The molecule has 22 heavy (non-hydrogen) atoms. The molecule has 5 nitrogen and oxygen atoms in total. The fourth-order valence-corrected chi connectivity index (χ4v) is 2.44. The van der Waals surface area contributed by atoms with Crippen LogP contribution in [0.3, 0.4) is 0 Å². The van der Waals surface area contributed by atoms with Crippen molar-refractivity contribution in [3.63, 3.8) is 0 Å². The van der Waals surface area contributed by atoms with Gasteiger partial charge in [0.2, 0.25) is 6.79 Å². The molecule has 114 valence electrons. The predicted molar refractivity (Wildman–Crippen MR) is 81.5 cm³/mol. The van der Waals surface area contributed by atoms with Gasteiger partial charge in [-0.05, 0) is 35.9 Å². The Morgan fingerprint density at radius 3 is 2.82 bits per heavy atom. The molecule has 0 bridgehead atoms. The van der Waals surface area contributed by atoms with Crippen LogP contribution < -0.4 is 9.47 Å². The number of rotatable bonds is 3.